The first-order valence-electron chi connectivity index (χ1n) is 11.7. The fraction of sp³-hybridized carbons (Fsp3) is 0.458. The van der Waals surface area contributed by atoms with E-state index in [0.717, 1.165) is 47.4 Å². The summed E-state index contributed by atoms with van der Waals surface area (Å²) in [5, 5.41) is 8.14. The summed E-state index contributed by atoms with van der Waals surface area (Å²) >= 11 is 2.66. The van der Waals surface area contributed by atoms with E-state index in [4.69, 9.17) is 4.74 Å². The molecule has 0 radical (unpaired) electrons. The number of likely N-dealkylation sites (N-methyl/N-ethyl adjacent to an activating group) is 1. The molecule has 9 nitrogen and oxygen atoms in total. The smallest absolute Gasteiger partial charge is 0.341 e. The highest BCUT2D eigenvalue weighted by Crippen LogP contribution is 2.38. The van der Waals surface area contributed by atoms with Crippen molar-refractivity contribution in [2.24, 2.45) is 12.0 Å². The molecule has 0 unspecified atom stereocenters. The zero-order valence-corrected chi connectivity index (χ0v) is 22.0. The van der Waals surface area contributed by atoms with Crippen molar-refractivity contribution in [3.05, 3.63) is 39.2 Å². The molecule has 0 saturated heterocycles. The lowest BCUT2D eigenvalue weighted by atomic mass is 9.95. The van der Waals surface area contributed by atoms with Crippen molar-refractivity contribution in [2.75, 3.05) is 24.2 Å². The van der Waals surface area contributed by atoms with Crippen molar-refractivity contribution in [3.63, 3.8) is 0 Å². The van der Waals surface area contributed by atoms with E-state index in [9.17, 15) is 14.4 Å². The number of amides is 2. The van der Waals surface area contributed by atoms with E-state index in [1.54, 1.807) is 28.8 Å². The van der Waals surface area contributed by atoms with Crippen LogP contribution in [0.2, 0.25) is 0 Å². The lowest BCUT2D eigenvalue weighted by molar-refractivity contribution is -0.122. The first kappa shape index (κ1) is 25.2. The van der Waals surface area contributed by atoms with Gasteiger partial charge in [0.15, 0.2) is 5.17 Å². The molecule has 4 rings (SSSR count). The molecule has 186 valence electrons. The topological polar surface area (TPSA) is 106 Å². The third-order valence-electron chi connectivity index (χ3n) is 6.03. The summed E-state index contributed by atoms with van der Waals surface area (Å²) in [5.41, 5.74) is 3.57. The Hall–Kier alpha value is -2.92. The molecular weight excluding hydrogens is 486 g/mol. The minimum absolute atomic E-state index is 0.0621. The van der Waals surface area contributed by atoms with Crippen LogP contribution in [-0.2, 0) is 34.2 Å². The molecule has 0 saturated carbocycles. The van der Waals surface area contributed by atoms with Crippen molar-refractivity contribution in [2.45, 2.75) is 46.5 Å². The molecular formula is C24H29N5O4S2. The van der Waals surface area contributed by atoms with E-state index >= 15 is 0 Å². The number of hydrogen-bond donors (Lipinski definition) is 1. The molecule has 0 spiro atoms. The molecule has 2 aliphatic rings. The summed E-state index contributed by atoms with van der Waals surface area (Å²) in [4.78, 5) is 45.5. The van der Waals surface area contributed by atoms with E-state index in [1.165, 1.54) is 23.1 Å². The second-order valence-corrected chi connectivity index (χ2v) is 10.3. The van der Waals surface area contributed by atoms with Gasteiger partial charge in [-0.2, -0.15) is 5.10 Å². The summed E-state index contributed by atoms with van der Waals surface area (Å²) < 4.78 is 7.00. The molecule has 3 heterocycles. The van der Waals surface area contributed by atoms with Crippen molar-refractivity contribution in [1.82, 2.24) is 14.7 Å². The summed E-state index contributed by atoms with van der Waals surface area (Å²) in [6.07, 6.45) is 7.25. The number of esters is 1. The number of amidine groups is 1. The minimum Gasteiger partial charge on any atom is -0.462 e. The Morgan fingerprint density at radius 1 is 1.29 bits per heavy atom. The Bertz CT molecular complexity index is 1230. The van der Waals surface area contributed by atoms with Crippen LogP contribution in [0.4, 0.5) is 5.00 Å². The maximum Gasteiger partial charge on any atom is 0.341 e. The molecule has 11 heteroatoms. The second kappa shape index (κ2) is 10.8. The quantitative estimate of drug-likeness (QED) is 0.444. The summed E-state index contributed by atoms with van der Waals surface area (Å²) in [5.74, 6) is -0.787. The number of thioether (sulfide) groups is 1. The second-order valence-electron chi connectivity index (χ2n) is 8.25. The van der Waals surface area contributed by atoms with Gasteiger partial charge in [0.25, 0.3) is 5.91 Å². The predicted octanol–water partition coefficient (Wildman–Crippen LogP) is 3.78. The number of nitrogens with one attached hydrogen (secondary N) is 1. The molecule has 1 aliphatic heterocycles. The predicted molar refractivity (Wildman–Crippen MR) is 139 cm³/mol. The van der Waals surface area contributed by atoms with Crippen LogP contribution in [0.1, 0.15) is 58.7 Å². The summed E-state index contributed by atoms with van der Waals surface area (Å²) in [6.45, 7) is 6.29. The number of aromatic nitrogens is 2. The molecule has 2 amide bonds. The van der Waals surface area contributed by atoms with Crippen LogP contribution in [0, 0.1) is 6.92 Å². The zero-order chi connectivity index (χ0) is 25.1. The third kappa shape index (κ3) is 5.20. The normalized spacial score (nSPS) is 16.5. The average Bonchev–Trinajstić information content (AvgIpc) is 3.46. The number of carbonyl (C=O) groups is 3. The number of hydrogen-bond acceptors (Lipinski definition) is 8. The molecule has 1 N–H and O–H groups in total. The maximum absolute atomic E-state index is 12.9. The third-order valence-corrected chi connectivity index (χ3v) is 8.21. The first-order valence-corrected chi connectivity index (χ1v) is 13.5. The van der Waals surface area contributed by atoms with E-state index < -0.39 is 5.97 Å². The highest BCUT2D eigenvalue weighted by Gasteiger charge is 2.31. The van der Waals surface area contributed by atoms with E-state index in [1.807, 2.05) is 20.9 Å². The Morgan fingerprint density at radius 2 is 2.06 bits per heavy atom. The zero-order valence-electron chi connectivity index (χ0n) is 20.3. The molecule has 0 atom stereocenters. The molecule has 0 aromatic carbocycles. The van der Waals surface area contributed by atoms with Gasteiger partial charge in [0, 0.05) is 29.7 Å². The average molecular weight is 516 g/mol. The number of aryl methyl sites for hydroxylation is 2. The number of ether oxygens (including phenoxy) is 1. The number of aliphatic imine (C=N–C) groups is 1. The Labute approximate surface area is 212 Å². The molecule has 35 heavy (non-hydrogen) atoms. The van der Waals surface area contributed by atoms with Gasteiger partial charge in [0.1, 0.15) is 10.7 Å². The van der Waals surface area contributed by atoms with Gasteiger partial charge in [-0.25, -0.2) is 9.79 Å². The molecule has 2 aromatic rings. The van der Waals surface area contributed by atoms with E-state index in [2.05, 4.69) is 15.4 Å². The SMILES string of the molecule is CCOC(=O)c1c(NC(=O)CSC2=NC(=Cc3cnn(C)c3C)C(=O)N2CC)sc2c1CCCC2. The van der Waals surface area contributed by atoms with Crippen LogP contribution in [0.25, 0.3) is 6.08 Å². The van der Waals surface area contributed by atoms with Gasteiger partial charge in [0.2, 0.25) is 5.91 Å². The Morgan fingerprint density at radius 3 is 2.74 bits per heavy atom. The van der Waals surface area contributed by atoms with Crippen LogP contribution in [-0.4, -0.2) is 56.5 Å². The number of fused-ring (bicyclic) bond motifs is 1. The van der Waals surface area contributed by atoms with Crippen molar-refractivity contribution in [1.29, 1.82) is 0 Å². The van der Waals surface area contributed by atoms with Gasteiger partial charge >= 0.3 is 5.97 Å². The number of nitrogens with zero attached hydrogens (tertiary/aromatic N) is 4. The van der Waals surface area contributed by atoms with E-state index in [-0.39, 0.29) is 24.2 Å². The maximum atomic E-state index is 12.9. The Kier molecular flexibility index (Phi) is 7.75. The Balaban J connectivity index is 1.48. The van der Waals surface area contributed by atoms with Crippen molar-refractivity contribution >= 4 is 57.1 Å². The highest BCUT2D eigenvalue weighted by atomic mass is 32.2. The van der Waals surface area contributed by atoms with Crippen LogP contribution in [0.3, 0.4) is 0 Å². The highest BCUT2D eigenvalue weighted by molar-refractivity contribution is 8.14. The fourth-order valence-electron chi connectivity index (χ4n) is 4.09. The largest absolute Gasteiger partial charge is 0.462 e. The number of carbonyl (C=O) groups excluding carboxylic acids is 3. The number of thiophene rings is 1. The molecule has 2 aromatic heterocycles. The van der Waals surface area contributed by atoms with Crippen LogP contribution in [0.5, 0.6) is 0 Å². The van der Waals surface area contributed by atoms with Crippen LogP contribution < -0.4 is 5.32 Å². The van der Waals surface area contributed by atoms with Gasteiger partial charge < -0.3 is 10.1 Å². The van der Waals surface area contributed by atoms with Gasteiger partial charge in [0.05, 0.1) is 24.1 Å². The summed E-state index contributed by atoms with van der Waals surface area (Å²) in [6, 6.07) is 0. The van der Waals surface area contributed by atoms with Crippen LogP contribution in [0.15, 0.2) is 16.9 Å². The monoisotopic (exact) mass is 515 g/mol. The summed E-state index contributed by atoms with van der Waals surface area (Å²) in [7, 11) is 1.84. The molecule has 0 bridgehead atoms. The van der Waals surface area contributed by atoms with E-state index in [0.29, 0.717) is 28.0 Å². The van der Waals surface area contributed by atoms with Crippen molar-refractivity contribution < 1.29 is 19.1 Å². The van der Waals surface area contributed by atoms with Gasteiger partial charge in [-0.1, -0.05) is 11.8 Å². The lowest BCUT2D eigenvalue weighted by Gasteiger charge is -2.15. The molecule has 0 fully saturated rings. The first-order chi connectivity index (χ1) is 16.8. The van der Waals surface area contributed by atoms with Crippen molar-refractivity contribution in [3.8, 4) is 0 Å². The van der Waals surface area contributed by atoms with Crippen LogP contribution >= 0.6 is 23.1 Å². The van der Waals surface area contributed by atoms with Gasteiger partial charge in [-0.3, -0.25) is 19.2 Å². The van der Waals surface area contributed by atoms with Gasteiger partial charge in [-0.05, 0) is 58.1 Å². The van der Waals surface area contributed by atoms with Gasteiger partial charge in [-0.15, -0.1) is 11.3 Å². The standard InChI is InChI=1S/C24H29N5O4S2/c1-5-29-22(31)17(11-15-12-25-28(4)14(15)3)26-24(29)34-13-19(30)27-21-20(23(32)33-6-2)16-9-7-8-10-18(16)35-21/h11-12H,5-10,13H2,1-4H3,(H,27,30). The fourth-order valence-corrected chi connectivity index (χ4v) is 6.25. The minimum atomic E-state index is -0.391. The number of anilines is 1. The molecule has 1 aliphatic carbocycles. The lowest BCUT2D eigenvalue weighted by Crippen LogP contribution is -2.31. The number of rotatable bonds is 7.